The molecule has 1 N–H and O–H groups in total. The molecule has 3 heterocycles. The second kappa shape index (κ2) is 9.58. The van der Waals surface area contributed by atoms with Gasteiger partial charge >= 0.3 is 6.18 Å². The van der Waals surface area contributed by atoms with Crippen molar-refractivity contribution in [3.63, 3.8) is 0 Å². The van der Waals surface area contributed by atoms with Gasteiger partial charge in [-0.25, -0.2) is 4.98 Å². The maximum absolute atomic E-state index is 13.3. The molecule has 0 aliphatic carbocycles. The van der Waals surface area contributed by atoms with E-state index < -0.39 is 23.1 Å². The number of nitrogens with one attached hydrogen (secondary N) is 1. The second-order valence-corrected chi connectivity index (χ2v) is 8.74. The number of carbonyl (C=O) groups excluding carboxylic acids is 1. The molecule has 2 aromatic carbocycles. The smallest absolute Gasteiger partial charge is 0.333 e. The number of aromatic nitrogens is 4. The maximum atomic E-state index is 13.3. The fraction of sp³-hybridized carbons (Fsp3) is 0.148. The van der Waals surface area contributed by atoms with E-state index in [0.717, 1.165) is 17.7 Å². The van der Waals surface area contributed by atoms with E-state index in [-0.39, 0.29) is 34.7 Å². The minimum atomic E-state index is -4.48. The van der Waals surface area contributed by atoms with Crippen LogP contribution < -0.4 is 10.7 Å². The first-order chi connectivity index (χ1) is 18.1. The third-order valence-corrected chi connectivity index (χ3v) is 5.80. The van der Waals surface area contributed by atoms with Crippen molar-refractivity contribution in [1.82, 2.24) is 19.7 Å². The van der Waals surface area contributed by atoms with Crippen molar-refractivity contribution in [2.45, 2.75) is 26.6 Å². The van der Waals surface area contributed by atoms with Gasteiger partial charge in [-0.3, -0.25) is 9.59 Å². The normalized spacial score (nSPS) is 11.6. The van der Waals surface area contributed by atoms with Gasteiger partial charge in [0.1, 0.15) is 17.8 Å². The van der Waals surface area contributed by atoms with E-state index >= 15 is 0 Å². The lowest BCUT2D eigenvalue weighted by Crippen LogP contribution is -2.22. The lowest BCUT2D eigenvalue weighted by Gasteiger charge is -2.13. The topological polar surface area (TPSA) is 103 Å². The molecule has 0 radical (unpaired) electrons. The molecule has 192 valence electrons. The molecule has 1 amide bonds. The minimum absolute atomic E-state index is 0.0223. The van der Waals surface area contributed by atoms with Crippen molar-refractivity contribution in [1.29, 1.82) is 0 Å². The molecule has 0 saturated carbocycles. The van der Waals surface area contributed by atoms with Gasteiger partial charge < -0.3 is 14.4 Å². The first-order valence-corrected chi connectivity index (χ1v) is 11.5. The number of amides is 1. The molecule has 0 unspecified atom stereocenters. The highest BCUT2D eigenvalue weighted by molar-refractivity contribution is 5.92. The Bertz CT molecular complexity index is 1720. The molecule has 8 nitrogen and oxygen atoms in total. The third-order valence-electron chi connectivity index (χ3n) is 5.80. The molecule has 3 aromatic heterocycles. The van der Waals surface area contributed by atoms with Gasteiger partial charge in [0.15, 0.2) is 0 Å². The monoisotopic (exact) mass is 519 g/mol. The third kappa shape index (κ3) is 5.03. The molecule has 38 heavy (non-hydrogen) atoms. The molecular weight excluding hydrogens is 499 g/mol. The first kappa shape index (κ1) is 24.9. The van der Waals surface area contributed by atoms with Crippen LogP contribution in [-0.2, 0) is 17.5 Å². The number of benzene rings is 2. The number of halogens is 3. The molecule has 0 aliphatic heterocycles. The SMILES string of the molecule is Cc1cccc(-c2noc(-c3cn(CC(=O)Nc4ccc(C(F)(F)F)cc4)c4nc(C)ccc4c3=O)n2)c1. The van der Waals surface area contributed by atoms with Crippen molar-refractivity contribution in [2.24, 2.45) is 0 Å². The Balaban J connectivity index is 1.50. The number of hydrogen-bond acceptors (Lipinski definition) is 6. The molecule has 5 rings (SSSR count). The number of fused-ring (bicyclic) bond motifs is 1. The van der Waals surface area contributed by atoms with Crippen LogP contribution in [0, 0.1) is 13.8 Å². The predicted molar refractivity (Wildman–Crippen MR) is 134 cm³/mol. The average Bonchev–Trinajstić information content (AvgIpc) is 3.35. The zero-order valence-electron chi connectivity index (χ0n) is 20.2. The number of carbonyl (C=O) groups is 1. The van der Waals surface area contributed by atoms with E-state index in [1.807, 2.05) is 31.2 Å². The molecule has 0 spiro atoms. The van der Waals surface area contributed by atoms with Crippen LogP contribution in [0.5, 0.6) is 0 Å². The number of pyridine rings is 2. The Morgan fingerprint density at radius 2 is 1.79 bits per heavy atom. The van der Waals surface area contributed by atoms with Gasteiger partial charge in [-0.1, -0.05) is 28.9 Å². The molecule has 0 bridgehead atoms. The van der Waals surface area contributed by atoms with Crippen LogP contribution in [0.1, 0.15) is 16.8 Å². The molecule has 5 aromatic rings. The Hall–Kier alpha value is -4.80. The van der Waals surface area contributed by atoms with Crippen molar-refractivity contribution in [3.8, 4) is 22.8 Å². The summed E-state index contributed by atoms with van der Waals surface area (Å²) in [5.41, 5.74) is 1.66. The Morgan fingerprint density at radius 1 is 1.03 bits per heavy atom. The van der Waals surface area contributed by atoms with E-state index in [4.69, 9.17) is 4.52 Å². The van der Waals surface area contributed by atoms with Gasteiger partial charge in [0.2, 0.25) is 17.2 Å². The van der Waals surface area contributed by atoms with Crippen molar-refractivity contribution in [2.75, 3.05) is 5.32 Å². The van der Waals surface area contributed by atoms with Crippen LogP contribution >= 0.6 is 0 Å². The standard InChI is InChI=1S/C27H20F3N5O3/c1-15-4-3-5-17(12-15)24-33-26(38-34-24)21-13-35(25-20(23(21)37)11-6-16(2)31-25)14-22(36)32-19-9-7-18(8-10-19)27(28,29)30/h3-13H,14H2,1-2H3,(H,32,36). The van der Waals surface area contributed by atoms with E-state index in [9.17, 15) is 22.8 Å². The summed E-state index contributed by atoms with van der Waals surface area (Å²) in [6.45, 7) is 3.40. The van der Waals surface area contributed by atoms with Crippen LogP contribution in [-0.4, -0.2) is 25.6 Å². The zero-order valence-corrected chi connectivity index (χ0v) is 20.2. The van der Waals surface area contributed by atoms with E-state index in [1.165, 1.54) is 22.9 Å². The lowest BCUT2D eigenvalue weighted by atomic mass is 10.1. The number of anilines is 1. The molecule has 0 atom stereocenters. The summed E-state index contributed by atoms with van der Waals surface area (Å²) < 4.78 is 45.4. The van der Waals surface area contributed by atoms with Gasteiger partial charge in [0.05, 0.1) is 10.9 Å². The Morgan fingerprint density at radius 3 is 2.50 bits per heavy atom. The lowest BCUT2D eigenvalue weighted by molar-refractivity contribution is -0.137. The molecule has 0 saturated heterocycles. The molecular formula is C27H20F3N5O3. The van der Waals surface area contributed by atoms with Crippen molar-refractivity contribution < 1.29 is 22.5 Å². The summed E-state index contributed by atoms with van der Waals surface area (Å²) >= 11 is 0. The second-order valence-electron chi connectivity index (χ2n) is 8.74. The van der Waals surface area contributed by atoms with Gasteiger partial charge in [-0.05, 0) is 56.3 Å². The number of aryl methyl sites for hydroxylation is 2. The molecule has 0 fully saturated rings. The highest BCUT2D eigenvalue weighted by atomic mass is 19.4. The fourth-order valence-corrected chi connectivity index (χ4v) is 3.96. The van der Waals surface area contributed by atoms with Crippen molar-refractivity contribution in [3.05, 3.63) is 93.9 Å². The Labute approximate surface area is 213 Å². The summed E-state index contributed by atoms with van der Waals surface area (Å²) in [6.07, 6.45) is -3.07. The number of nitrogens with zero attached hydrogens (tertiary/aromatic N) is 4. The number of alkyl halides is 3. The summed E-state index contributed by atoms with van der Waals surface area (Å²) in [4.78, 5) is 35.0. The number of rotatable bonds is 5. The summed E-state index contributed by atoms with van der Waals surface area (Å²) in [6, 6.07) is 14.9. The summed E-state index contributed by atoms with van der Waals surface area (Å²) in [7, 11) is 0. The highest BCUT2D eigenvalue weighted by Crippen LogP contribution is 2.30. The summed E-state index contributed by atoms with van der Waals surface area (Å²) in [5, 5.41) is 6.81. The predicted octanol–water partition coefficient (Wildman–Crippen LogP) is 5.39. The van der Waals surface area contributed by atoms with E-state index in [0.29, 0.717) is 17.1 Å². The quantitative estimate of drug-likeness (QED) is 0.334. The Kier molecular flexibility index (Phi) is 6.27. The number of hydrogen-bond donors (Lipinski definition) is 1. The van der Waals surface area contributed by atoms with Gasteiger partial charge in [-0.15, -0.1) is 0 Å². The maximum Gasteiger partial charge on any atom is 0.416 e. The highest BCUT2D eigenvalue weighted by Gasteiger charge is 2.30. The minimum Gasteiger partial charge on any atom is -0.333 e. The van der Waals surface area contributed by atoms with E-state index in [2.05, 4.69) is 20.4 Å². The largest absolute Gasteiger partial charge is 0.416 e. The van der Waals surface area contributed by atoms with Crippen molar-refractivity contribution >= 4 is 22.6 Å². The molecule has 11 heteroatoms. The van der Waals surface area contributed by atoms with Crippen LogP contribution in [0.25, 0.3) is 33.9 Å². The van der Waals surface area contributed by atoms with Gasteiger partial charge in [0.25, 0.3) is 5.89 Å². The van der Waals surface area contributed by atoms with Gasteiger partial charge in [-0.2, -0.15) is 18.2 Å². The van der Waals surface area contributed by atoms with Crippen LogP contribution in [0.15, 0.2) is 76.2 Å². The fourth-order valence-electron chi connectivity index (χ4n) is 3.96. The average molecular weight is 519 g/mol. The van der Waals surface area contributed by atoms with Crippen LogP contribution in [0.3, 0.4) is 0 Å². The first-order valence-electron chi connectivity index (χ1n) is 11.5. The van der Waals surface area contributed by atoms with Crippen LogP contribution in [0.4, 0.5) is 18.9 Å². The van der Waals surface area contributed by atoms with E-state index in [1.54, 1.807) is 19.1 Å². The van der Waals surface area contributed by atoms with Gasteiger partial charge in [0, 0.05) is 23.1 Å². The van der Waals surface area contributed by atoms with Crippen LogP contribution in [0.2, 0.25) is 0 Å². The summed E-state index contributed by atoms with van der Waals surface area (Å²) in [5.74, 6) is -0.252. The zero-order chi connectivity index (χ0) is 27.0. The molecule has 0 aliphatic rings.